The average Bonchev–Trinajstić information content (AvgIpc) is 3.28. The molecule has 0 bridgehead atoms. The van der Waals surface area contributed by atoms with Gasteiger partial charge in [-0.3, -0.25) is 14.2 Å². The topological polar surface area (TPSA) is 87.4 Å². The highest BCUT2D eigenvalue weighted by Gasteiger charge is 2.17. The van der Waals surface area contributed by atoms with E-state index in [4.69, 9.17) is 9.47 Å². The number of pyridine rings is 1. The number of carbonyl (C=O) groups excluding carboxylic acids is 1. The van der Waals surface area contributed by atoms with Crippen molar-refractivity contribution in [3.05, 3.63) is 101 Å². The lowest BCUT2D eigenvalue weighted by Crippen LogP contribution is -2.28. The van der Waals surface area contributed by atoms with E-state index in [0.29, 0.717) is 5.69 Å². The number of anilines is 1. The molecule has 1 N–H and O–H groups in total. The summed E-state index contributed by atoms with van der Waals surface area (Å²) in [5, 5.41) is 6.81. The summed E-state index contributed by atoms with van der Waals surface area (Å²) in [6.45, 7) is 0.427. The Labute approximate surface area is 193 Å². The van der Waals surface area contributed by atoms with Crippen LogP contribution in [0.3, 0.4) is 0 Å². The van der Waals surface area contributed by atoms with Gasteiger partial charge in [0.15, 0.2) is 5.82 Å². The van der Waals surface area contributed by atoms with Crippen LogP contribution < -0.4 is 15.6 Å². The summed E-state index contributed by atoms with van der Waals surface area (Å²) < 4.78 is 40.1. The molecule has 0 unspecified atom stereocenters. The molecule has 174 valence electrons. The van der Waals surface area contributed by atoms with Crippen molar-refractivity contribution >= 4 is 11.7 Å². The number of rotatable bonds is 8. The average molecular weight is 466 g/mol. The predicted molar refractivity (Wildman–Crippen MR) is 121 cm³/mol. The van der Waals surface area contributed by atoms with Crippen LogP contribution in [0.4, 0.5) is 14.6 Å². The molecule has 1 amide bonds. The molecule has 0 fully saturated rings. The maximum absolute atomic E-state index is 13.8. The van der Waals surface area contributed by atoms with Gasteiger partial charge in [-0.05, 0) is 48.5 Å². The maximum atomic E-state index is 13.8. The monoisotopic (exact) mass is 466 g/mol. The molecule has 2 aromatic heterocycles. The minimum Gasteiger partial charge on any atom is -0.489 e. The first-order valence-electron chi connectivity index (χ1n) is 10.2. The van der Waals surface area contributed by atoms with Crippen molar-refractivity contribution in [1.82, 2.24) is 14.3 Å². The van der Waals surface area contributed by atoms with Gasteiger partial charge in [-0.25, -0.2) is 13.5 Å². The van der Waals surface area contributed by atoms with E-state index >= 15 is 0 Å². The molecule has 0 radical (unpaired) electrons. The minimum absolute atomic E-state index is 0.134. The molecule has 4 aromatic rings. The van der Waals surface area contributed by atoms with Crippen LogP contribution in [0.2, 0.25) is 0 Å². The van der Waals surface area contributed by atoms with E-state index in [1.54, 1.807) is 24.4 Å². The first-order chi connectivity index (χ1) is 16.5. The number of halogens is 2. The number of nitrogens with zero attached hydrogens (tertiary/aromatic N) is 3. The van der Waals surface area contributed by atoms with Gasteiger partial charge in [-0.15, -0.1) is 0 Å². The summed E-state index contributed by atoms with van der Waals surface area (Å²) in [5.74, 6) is -1.25. The molecule has 0 saturated heterocycles. The number of methoxy groups -OCH3 is 1. The summed E-state index contributed by atoms with van der Waals surface area (Å²) in [7, 11) is 1.51. The molecule has 4 rings (SSSR count). The van der Waals surface area contributed by atoms with Gasteiger partial charge in [0, 0.05) is 31.6 Å². The fourth-order valence-corrected chi connectivity index (χ4v) is 3.21. The van der Waals surface area contributed by atoms with Crippen molar-refractivity contribution in [3.63, 3.8) is 0 Å². The Kier molecular flexibility index (Phi) is 6.79. The lowest BCUT2D eigenvalue weighted by atomic mass is 10.2. The molecule has 0 spiro atoms. The molecule has 8 nitrogen and oxygen atoms in total. The molecule has 2 heterocycles. The molecular weight excluding hydrogens is 446 g/mol. The van der Waals surface area contributed by atoms with Crippen LogP contribution in [0.1, 0.15) is 10.4 Å². The van der Waals surface area contributed by atoms with Crippen molar-refractivity contribution in [2.45, 2.75) is 0 Å². The standard InChI is InChI=1S/C24H20F2N4O4/c1-33-13-14-34-21-15-17(26)6-9-20(21)29-11-2-3-19(24(29)32)23(31)27-22-10-12-30(28-22)18-7-4-16(25)5-8-18/h2-12,15H,13-14H2,1H3,(H,27,28,31). The maximum Gasteiger partial charge on any atom is 0.268 e. The van der Waals surface area contributed by atoms with Crippen molar-refractivity contribution < 1.29 is 23.0 Å². The van der Waals surface area contributed by atoms with Gasteiger partial charge in [0.2, 0.25) is 0 Å². The Balaban J connectivity index is 1.59. The van der Waals surface area contributed by atoms with Gasteiger partial charge in [0.25, 0.3) is 11.5 Å². The Morgan fingerprint density at radius 2 is 1.76 bits per heavy atom. The van der Waals surface area contributed by atoms with Crippen LogP contribution in [-0.4, -0.2) is 40.6 Å². The quantitative estimate of drug-likeness (QED) is 0.401. The number of ether oxygens (including phenoxy) is 2. The first kappa shape index (κ1) is 22.9. The summed E-state index contributed by atoms with van der Waals surface area (Å²) in [6, 6.07) is 13.9. The van der Waals surface area contributed by atoms with Crippen molar-refractivity contribution in [2.24, 2.45) is 0 Å². The van der Waals surface area contributed by atoms with Crippen LogP contribution in [0.15, 0.2) is 77.9 Å². The number of aromatic nitrogens is 3. The Hall–Kier alpha value is -4.31. The molecule has 0 saturated carbocycles. The fourth-order valence-electron chi connectivity index (χ4n) is 3.21. The van der Waals surface area contributed by atoms with Crippen molar-refractivity contribution in [3.8, 4) is 17.1 Å². The van der Waals surface area contributed by atoms with Gasteiger partial charge < -0.3 is 14.8 Å². The number of hydrogen-bond donors (Lipinski definition) is 1. The van der Waals surface area contributed by atoms with E-state index in [2.05, 4.69) is 10.4 Å². The zero-order valence-electron chi connectivity index (χ0n) is 18.1. The second-order valence-corrected chi connectivity index (χ2v) is 7.13. The predicted octanol–water partition coefficient (Wildman–Crippen LogP) is 3.58. The first-order valence-corrected chi connectivity index (χ1v) is 10.2. The Morgan fingerprint density at radius 1 is 1.00 bits per heavy atom. The zero-order valence-corrected chi connectivity index (χ0v) is 18.1. The van der Waals surface area contributed by atoms with E-state index in [1.165, 1.54) is 59.0 Å². The molecule has 34 heavy (non-hydrogen) atoms. The Morgan fingerprint density at radius 3 is 2.53 bits per heavy atom. The van der Waals surface area contributed by atoms with E-state index in [0.717, 1.165) is 6.07 Å². The fraction of sp³-hybridized carbons (Fsp3) is 0.125. The van der Waals surface area contributed by atoms with Crippen LogP contribution in [0.25, 0.3) is 11.4 Å². The second kappa shape index (κ2) is 10.1. The number of amides is 1. The molecule has 0 aliphatic rings. The summed E-state index contributed by atoms with van der Waals surface area (Å²) in [4.78, 5) is 25.9. The van der Waals surface area contributed by atoms with E-state index in [-0.39, 0.29) is 41.8 Å². The van der Waals surface area contributed by atoms with Crippen molar-refractivity contribution in [2.75, 3.05) is 25.6 Å². The minimum atomic E-state index is -0.673. The SMILES string of the molecule is COCCOc1cc(F)ccc1-n1cccc(C(=O)Nc2ccn(-c3ccc(F)cc3)n2)c1=O. The highest BCUT2D eigenvalue weighted by atomic mass is 19.1. The number of nitrogens with one attached hydrogen (secondary N) is 1. The summed E-state index contributed by atoms with van der Waals surface area (Å²) in [6.07, 6.45) is 3.05. The smallest absolute Gasteiger partial charge is 0.268 e. The molecule has 0 aliphatic heterocycles. The molecular formula is C24H20F2N4O4. The molecule has 0 aliphatic carbocycles. The number of carbonyl (C=O) groups is 1. The van der Waals surface area contributed by atoms with Crippen LogP contribution in [-0.2, 0) is 4.74 Å². The van der Waals surface area contributed by atoms with Crippen LogP contribution in [0.5, 0.6) is 5.75 Å². The number of hydrogen-bond acceptors (Lipinski definition) is 5. The zero-order chi connectivity index (χ0) is 24.1. The third-order valence-electron chi connectivity index (χ3n) is 4.84. The molecule has 0 atom stereocenters. The Bertz CT molecular complexity index is 1370. The van der Waals surface area contributed by atoms with Crippen LogP contribution in [0, 0.1) is 11.6 Å². The third kappa shape index (κ3) is 5.02. The summed E-state index contributed by atoms with van der Waals surface area (Å²) >= 11 is 0. The van der Waals surface area contributed by atoms with E-state index in [9.17, 15) is 18.4 Å². The largest absolute Gasteiger partial charge is 0.489 e. The van der Waals surface area contributed by atoms with Gasteiger partial charge in [0.05, 0.1) is 18.0 Å². The van der Waals surface area contributed by atoms with Gasteiger partial charge in [-0.2, -0.15) is 5.10 Å². The highest BCUT2D eigenvalue weighted by molar-refractivity contribution is 6.03. The van der Waals surface area contributed by atoms with Gasteiger partial charge in [0.1, 0.15) is 29.6 Å². The lowest BCUT2D eigenvalue weighted by molar-refractivity contribution is 0.102. The molecule has 2 aromatic carbocycles. The highest BCUT2D eigenvalue weighted by Crippen LogP contribution is 2.23. The van der Waals surface area contributed by atoms with Crippen LogP contribution >= 0.6 is 0 Å². The van der Waals surface area contributed by atoms with Crippen molar-refractivity contribution in [1.29, 1.82) is 0 Å². The normalized spacial score (nSPS) is 10.8. The lowest BCUT2D eigenvalue weighted by Gasteiger charge is -2.14. The molecule has 10 heteroatoms. The summed E-state index contributed by atoms with van der Waals surface area (Å²) in [5.41, 5.74) is 0.103. The van der Waals surface area contributed by atoms with E-state index in [1.807, 2.05) is 0 Å². The third-order valence-corrected chi connectivity index (χ3v) is 4.84. The number of benzene rings is 2. The van der Waals surface area contributed by atoms with Gasteiger partial charge in [-0.1, -0.05) is 0 Å². The second-order valence-electron chi connectivity index (χ2n) is 7.13. The van der Waals surface area contributed by atoms with Gasteiger partial charge >= 0.3 is 0 Å². The van der Waals surface area contributed by atoms with E-state index < -0.39 is 17.3 Å².